The number of carbonyl (C=O) groups excluding carboxylic acids is 2. The highest BCUT2D eigenvalue weighted by molar-refractivity contribution is 5.77. The molecule has 0 aliphatic heterocycles. The van der Waals surface area contributed by atoms with Crippen molar-refractivity contribution in [2.45, 2.75) is 64.1 Å². The number of unbranched alkanes of at least 4 members (excludes halogenated alkanes) is 1. The number of aliphatic hydroxyl groups excluding tert-OH is 1. The van der Waals surface area contributed by atoms with Crippen molar-refractivity contribution < 1.29 is 14.7 Å². The zero-order valence-electron chi connectivity index (χ0n) is 14.8. The van der Waals surface area contributed by atoms with Crippen LogP contribution in [0, 0.1) is 0 Å². The molecule has 0 spiro atoms. The summed E-state index contributed by atoms with van der Waals surface area (Å²) in [5.74, 6) is -0.0832. The normalized spacial score (nSPS) is 14.8. The molecular formula is C16H32N4O3-2. The topological polar surface area (TPSA) is 107 Å². The smallest absolute Gasteiger partial charge is 0.218 e. The van der Waals surface area contributed by atoms with Gasteiger partial charge in [-0.2, -0.15) is 14.1 Å². The van der Waals surface area contributed by atoms with E-state index in [1.807, 2.05) is 13.8 Å². The minimum atomic E-state index is -0.235. The molecule has 0 radical (unpaired) electrons. The molecule has 2 amide bonds. The highest BCUT2D eigenvalue weighted by Crippen LogP contribution is 2.04. The Labute approximate surface area is 140 Å². The first kappa shape index (κ1) is 21.8. The van der Waals surface area contributed by atoms with Gasteiger partial charge in [-0.1, -0.05) is 13.8 Å². The van der Waals surface area contributed by atoms with E-state index in [-0.39, 0.29) is 36.5 Å². The van der Waals surface area contributed by atoms with Crippen LogP contribution in [0.15, 0.2) is 0 Å². The predicted octanol–water partition coefficient (Wildman–Crippen LogP) is 1.31. The van der Waals surface area contributed by atoms with Gasteiger partial charge in [0.25, 0.3) is 0 Å². The third-order valence-corrected chi connectivity index (χ3v) is 3.73. The van der Waals surface area contributed by atoms with Crippen LogP contribution in [0.5, 0.6) is 0 Å². The van der Waals surface area contributed by atoms with Crippen LogP contribution >= 0.6 is 0 Å². The highest BCUT2D eigenvalue weighted by Gasteiger charge is 2.11. The van der Waals surface area contributed by atoms with E-state index in [9.17, 15) is 14.7 Å². The SMILES string of the molecule is C[N-][C@H](C)CC(=O)NCCCC[C@@H](CO)NC(=O)C[C@@H](C)[N-]C. The summed E-state index contributed by atoms with van der Waals surface area (Å²) in [5.41, 5.74) is 0. The number of hydrogen-bond donors (Lipinski definition) is 3. The molecule has 0 saturated heterocycles. The van der Waals surface area contributed by atoms with Gasteiger partial charge in [0.15, 0.2) is 0 Å². The fourth-order valence-electron chi connectivity index (χ4n) is 2.03. The van der Waals surface area contributed by atoms with Gasteiger partial charge in [-0.3, -0.25) is 9.59 Å². The van der Waals surface area contributed by atoms with Gasteiger partial charge in [0.1, 0.15) is 0 Å². The Kier molecular flexibility index (Phi) is 12.6. The lowest BCUT2D eigenvalue weighted by Gasteiger charge is -2.24. The second-order valence-corrected chi connectivity index (χ2v) is 5.92. The van der Waals surface area contributed by atoms with Crippen molar-refractivity contribution in [1.82, 2.24) is 10.6 Å². The van der Waals surface area contributed by atoms with Crippen LogP contribution in [0.2, 0.25) is 0 Å². The van der Waals surface area contributed by atoms with Crippen LogP contribution in [-0.2, 0) is 9.59 Å². The fourth-order valence-corrected chi connectivity index (χ4v) is 2.03. The summed E-state index contributed by atoms with van der Waals surface area (Å²) < 4.78 is 0. The van der Waals surface area contributed by atoms with Crippen LogP contribution in [0.25, 0.3) is 10.6 Å². The first-order chi connectivity index (χ1) is 10.9. The monoisotopic (exact) mass is 328 g/mol. The van der Waals surface area contributed by atoms with Gasteiger partial charge in [-0.25, -0.2) is 0 Å². The first-order valence-electron chi connectivity index (χ1n) is 8.27. The summed E-state index contributed by atoms with van der Waals surface area (Å²) in [5, 5.41) is 23.0. The summed E-state index contributed by atoms with van der Waals surface area (Å²) in [6.45, 7) is 4.31. The fraction of sp³-hybridized carbons (Fsp3) is 0.875. The van der Waals surface area contributed by atoms with Crippen molar-refractivity contribution in [2.24, 2.45) is 0 Å². The Balaban J connectivity index is 3.79. The molecule has 0 fully saturated rings. The average Bonchev–Trinajstić information content (AvgIpc) is 2.52. The van der Waals surface area contributed by atoms with Gasteiger partial charge < -0.3 is 26.4 Å². The lowest BCUT2D eigenvalue weighted by molar-refractivity contribution is -0.122. The average molecular weight is 328 g/mol. The second-order valence-electron chi connectivity index (χ2n) is 5.92. The molecule has 0 aromatic rings. The number of hydrogen-bond acceptors (Lipinski definition) is 3. The maximum atomic E-state index is 11.7. The Morgan fingerprint density at radius 2 is 1.57 bits per heavy atom. The van der Waals surface area contributed by atoms with E-state index < -0.39 is 0 Å². The van der Waals surface area contributed by atoms with Gasteiger partial charge >= 0.3 is 0 Å². The van der Waals surface area contributed by atoms with Gasteiger partial charge in [0.05, 0.1) is 12.6 Å². The molecule has 0 aliphatic rings. The Morgan fingerprint density at radius 1 is 1.00 bits per heavy atom. The molecule has 0 aromatic carbocycles. The molecule has 7 nitrogen and oxygen atoms in total. The van der Waals surface area contributed by atoms with E-state index in [1.165, 1.54) is 0 Å². The number of aliphatic hydroxyl groups is 1. The van der Waals surface area contributed by atoms with Crippen molar-refractivity contribution in [3.8, 4) is 0 Å². The van der Waals surface area contributed by atoms with Crippen molar-refractivity contribution in [3.05, 3.63) is 10.6 Å². The Bertz CT molecular complexity index is 339. The molecule has 3 N–H and O–H groups in total. The quantitative estimate of drug-likeness (QED) is 0.444. The maximum Gasteiger partial charge on any atom is 0.218 e. The molecule has 23 heavy (non-hydrogen) atoms. The molecule has 0 unspecified atom stereocenters. The van der Waals surface area contributed by atoms with E-state index in [0.29, 0.717) is 25.8 Å². The summed E-state index contributed by atoms with van der Waals surface area (Å²) in [6, 6.07) is -0.204. The zero-order chi connectivity index (χ0) is 17.7. The van der Waals surface area contributed by atoms with Crippen LogP contribution in [0.3, 0.4) is 0 Å². The maximum absolute atomic E-state index is 11.7. The van der Waals surface area contributed by atoms with Gasteiger partial charge in [0.2, 0.25) is 11.8 Å². The molecular weight excluding hydrogens is 296 g/mol. The number of rotatable bonds is 13. The standard InChI is InChI=1S/C16H32N4O3/c1-12(17-3)9-15(22)19-8-6-5-7-14(11-21)20-16(23)10-13(2)18-4/h12-14,21H,5-11H2,1-4H3,(H,19,22)(H,20,23)/q-2/t12-,13-,14+/m1/s1. The molecule has 0 heterocycles. The lowest BCUT2D eigenvalue weighted by atomic mass is 10.1. The molecule has 0 aromatic heterocycles. The first-order valence-corrected chi connectivity index (χ1v) is 8.27. The van der Waals surface area contributed by atoms with E-state index >= 15 is 0 Å². The minimum Gasteiger partial charge on any atom is -0.662 e. The van der Waals surface area contributed by atoms with Crippen molar-refractivity contribution in [3.63, 3.8) is 0 Å². The summed E-state index contributed by atoms with van der Waals surface area (Å²) in [7, 11) is 3.39. The zero-order valence-corrected chi connectivity index (χ0v) is 14.8. The lowest BCUT2D eigenvalue weighted by Crippen LogP contribution is -2.38. The van der Waals surface area contributed by atoms with Gasteiger partial charge in [-0.05, 0) is 19.3 Å². The third-order valence-electron chi connectivity index (χ3n) is 3.73. The van der Waals surface area contributed by atoms with E-state index in [2.05, 4.69) is 21.3 Å². The summed E-state index contributed by atoms with van der Waals surface area (Å²) in [6.07, 6.45) is 3.08. The van der Waals surface area contributed by atoms with Crippen LogP contribution in [-0.4, -0.2) is 62.3 Å². The predicted molar refractivity (Wildman–Crippen MR) is 92.6 cm³/mol. The van der Waals surface area contributed by atoms with E-state index in [4.69, 9.17) is 0 Å². The largest absolute Gasteiger partial charge is 0.662 e. The Hall–Kier alpha value is -1.18. The van der Waals surface area contributed by atoms with Crippen molar-refractivity contribution in [1.29, 1.82) is 0 Å². The molecule has 3 atom stereocenters. The summed E-state index contributed by atoms with van der Waals surface area (Å²) in [4.78, 5) is 23.3. The molecule has 7 heteroatoms. The van der Waals surface area contributed by atoms with Crippen LogP contribution < -0.4 is 10.6 Å². The second kappa shape index (κ2) is 13.3. The molecule has 0 rings (SSSR count). The van der Waals surface area contributed by atoms with Gasteiger partial charge in [0, 0.05) is 19.4 Å². The molecule has 0 bridgehead atoms. The van der Waals surface area contributed by atoms with E-state index in [0.717, 1.165) is 12.8 Å². The third kappa shape index (κ3) is 12.0. The molecule has 0 saturated carbocycles. The van der Waals surface area contributed by atoms with Crippen molar-refractivity contribution >= 4 is 11.8 Å². The van der Waals surface area contributed by atoms with Crippen LogP contribution in [0.1, 0.15) is 46.0 Å². The summed E-state index contributed by atoms with van der Waals surface area (Å²) >= 11 is 0. The highest BCUT2D eigenvalue weighted by atomic mass is 16.3. The number of carbonyl (C=O) groups is 2. The molecule has 0 aliphatic carbocycles. The number of nitrogens with zero attached hydrogens (tertiary/aromatic N) is 2. The van der Waals surface area contributed by atoms with E-state index in [1.54, 1.807) is 14.1 Å². The number of amides is 2. The number of nitrogens with one attached hydrogen (secondary N) is 2. The van der Waals surface area contributed by atoms with Crippen molar-refractivity contribution in [2.75, 3.05) is 27.2 Å². The van der Waals surface area contributed by atoms with Crippen LogP contribution in [0.4, 0.5) is 0 Å². The minimum absolute atomic E-state index is 0.00686. The molecule has 136 valence electrons. The van der Waals surface area contributed by atoms with Gasteiger partial charge in [-0.15, -0.1) is 12.1 Å². The Morgan fingerprint density at radius 3 is 2.09 bits per heavy atom.